The summed E-state index contributed by atoms with van der Waals surface area (Å²) in [5.41, 5.74) is 2.29. The second-order valence-electron chi connectivity index (χ2n) is 1.94. The molecule has 1 heterocycles. The fourth-order valence-electron chi connectivity index (χ4n) is 0.577. The van der Waals surface area contributed by atoms with Gasteiger partial charge < -0.3 is 0 Å². The van der Waals surface area contributed by atoms with E-state index in [1.165, 1.54) is 5.56 Å². The highest BCUT2D eigenvalue weighted by Crippen LogP contribution is 2.03. The Balaban J connectivity index is 0.000000810. The minimum Gasteiger partial charge on any atom is -0.261 e. The number of nitrogens with zero attached hydrogens (tertiary/aromatic N) is 1. The minimum atomic E-state index is 0. The fourth-order valence-corrected chi connectivity index (χ4v) is 0.909. The first-order valence-electron chi connectivity index (χ1n) is 2.80. The van der Waals surface area contributed by atoms with Crippen molar-refractivity contribution in [2.45, 2.75) is 12.3 Å². The molecule has 1 aromatic rings. The zero-order chi connectivity index (χ0) is 6.69. The predicted octanol–water partition coefficient (Wildman–Crippen LogP) is 1.90. The molecule has 3 heteroatoms. The molecular weight excluding hydrogens is 189 g/mol. The number of alkyl halides is 1. The Kier molecular flexibility index (Phi) is 4.36. The molecule has 0 N–H and O–H groups in total. The molecule has 1 aromatic heterocycles. The van der Waals surface area contributed by atoms with E-state index in [0.29, 0.717) is 0 Å². The highest BCUT2D eigenvalue weighted by Gasteiger charge is 1.87. The second kappa shape index (κ2) is 4.50. The molecule has 0 aliphatic carbocycles. The molecular formula is C7H8BBrN. The van der Waals surface area contributed by atoms with Gasteiger partial charge in [-0.05, 0) is 18.6 Å². The van der Waals surface area contributed by atoms with E-state index in [2.05, 4.69) is 27.0 Å². The molecule has 0 saturated heterocycles. The summed E-state index contributed by atoms with van der Waals surface area (Å²) in [5.74, 6) is 0. The Morgan fingerprint density at radius 3 is 2.60 bits per heavy atom. The lowest BCUT2D eigenvalue weighted by Crippen LogP contribution is -1.81. The SMILES string of the molecule is Cc1ccc(CBr)cn1.[B]. The van der Waals surface area contributed by atoms with Gasteiger partial charge in [-0.1, -0.05) is 22.0 Å². The number of aromatic nitrogens is 1. The van der Waals surface area contributed by atoms with Crippen molar-refractivity contribution in [1.82, 2.24) is 4.98 Å². The summed E-state index contributed by atoms with van der Waals surface area (Å²) < 4.78 is 0. The van der Waals surface area contributed by atoms with Crippen LogP contribution in [0.25, 0.3) is 0 Å². The Hall–Kier alpha value is -0.305. The lowest BCUT2D eigenvalue weighted by atomic mass is 10.3. The van der Waals surface area contributed by atoms with Crippen LogP contribution in [-0.2, 0) is 5.33 Å². The van der Waals surface area contributed by atoms with E-state index in [9.17, 15) is 0 Å². The summed E-state index contributed by atoms with van der Waals surface area (Å²) in [4.78, 5) is 4.12. The Morgan fingerprint density at radius 1 is 1.50 bits per heavy atom. The van der Waals surface area contributed by atoms with Crippen LogP contribution in [0.5, 0.6) is 0 Å². The van der Waals surface area contributed by atoms with Crippen LogP contribution >= 0.6 is 15.9 Å². The average molecular weight is 197 g/mol. The van der Waals surface area contributed by atoms with Gasteiger partial charge >= 0.3 is 0 Å². The zero-order valence-corrected chi connectivity index (χ0v) is 7.43. The number of rotatable bonds is 1. The summed E-state index contributed by atoms with van der Waals surface area (Å²) in [5, 5.41) is 0.889. The molecule has 0 aliphatic rings. The smallest absolute Gasteiger partial charge is 0.0372 e. The Morgan fingerprint density at radius 2 is 2.20 bits per heavy atom. The van der Waals surface area contributed by atoms with Crippen molar-refractivity contribution in [1.29, 1.82) is 0 Å². The molecule has 3 radical (unpaired) electrons. The molecule has 0 saturated carbocycles. The number of aryl methyl sites for hydroxylation is 1. The predicted molar refractivity (Wildman–Crippen MR) is 47.4 cm³/mol. The van der Waals surface area contributed by atoms with Gasteiger partial charge in [-0.15, -0.1) is 0 Å². The highest BCUT2D eigenvalue weighted by molar-refractivity contribution is 9.08. The summed E-state index contributed by atoms with van der Waals surface area (Å²) >= 11 is 3.34. The summed E-state index contributed by atoms with van der Waals surface area (Å²) in [7, 11) is 0. The van der Waals surface area contributed by atoms with Gasteiger partial charge in [0, 0.05) is 25.6 Å². The first kappa shape index (κ1) is 9.69. The van der Waals surface area contributed by atoms with Gasteiger partial charge in [-0.25, -0.2) is 0 Å². The van der Waals surface area contributed by atoms with Gasteiger partial charge in [-0.3, -0.25) is 4.98 Å². The van der Waals surface area contributed by atoms with E-state index in [1.54, 1.807) is 0 Å². The van der Waals surface area contributed by atoms with Crippen molar-refractivity contribution in [2.75, 3.05) is 0 Å². The third-order valence-corrected chi connectivity index (χ3v) is 1.77. The van der Waals surface area contributed by atoms with Gasteiger partial charge in [0.1, 0.15) is 0 Å². The van der Waals surface area contributed by atoms with Crippen molar-refractivity contribution in [3.63, 3.8) is 0 Å². The van der Waals surface area contributed by atoms with Crippen LogP contribution in [0, 0.1) is 6.92 Å². The minimum absolute atomic E-state index is 0. The molecule has 1 rings (SSSR count). The normalized spacial score (nSPS) is 8.60. The third kappa shape index (κ3) is 2.52. The summed E-state index contributed by atoms with van der Waals surface area (Å²) in [6, 6.07) is 4.08. The maximum atomic E-state index is 4.12. The fraction of sp³-hybridized carbons (Fsp3) is 0.286. The summed E-state index contributed by atoms with van der Waals surface area (Å²) in [6.45, 7) is 1.98. The standard InChI is InChI=1S/C7H8BrN.B/c1-6-2-3-7(4-8)5-9-6;/h2-3,5H,4H2,1H3;. The van der Waals surface area contributed by atoms with Crippen LogP contribution in [0.3, 0.4) is 0 Å². The van der Waals surface area contributed by atoms with Crippen molar-refractivity contribution < 1.29 is 0 Å². The third-order valence-electron chi connectivity index (χ3n) is 1.13. The molecule has 0 spiro atoms. The second-order valence-corrected chi connectivity index (χ2v) is 2.50. The topological polar surface area (TPSA) is 12.9 Å². The van der Waals surface area contributed by atoms with Crippen molar-refractivity contribution in [3.05, 3.63) is 29.6 Å². The first-order chi connectivity index (χ1) is 4.33. The van der Waals surface area contributed by atoms with Crippen LogP contribution < -0.4 is 0 Å². The van der Waals surface area contributed by atoms with E-state index in [4.69, 9.17) is 0 Å². The Labute approximate surface area is 71.6 Å². The molecule has 0 unspecified atom stereocenters. The first-order valence-corrected chi connectivity index (χ1v) is 3.92. The van der Waals surface area contributed by atoms with Crippen LogP contribution in [0.2, 0.25) is 0 Å². The lowest BCUT2D eigenvalue weighted by Gasteiger charge is -1.92. The van der Waals surface area contributed by atoms with Gasteiger partial charge in [0.05, 0.1) is 0 Å². The molecule has 0 aromatic carbocycles. The summed E-state index contributed by atoms with van der Waals surface area (Å²) in [6.07, 6.45) is 1.88. The number of hydrogen-bond donors (Lipinski definition) is 0. The van der Waals surface area contributed by atoms with E-state index in [1.807, 2.05) is 19.2 Å². The van der Waals surface area contributed by atoms with Crippen molar-refractivity contribution in [3.8, 4) is 0 Å². The number of pyridine rings is 1. The van der Waals surface area contributed by atoms with E-state index < -0.39 is 0 Å². The average Bonchev–Trinajstić information content (AvgIpc) is 1.90. The van der Waals surface area contributed by atoms with Gasteiger partial charge in [0.15, 0.2) is 0 Å². The molecule has 0 amide bonds. The molecule has 0 bridgehead atoms. The van der Waals surface area contributed by atoms with E-state index in [-0.39, 0.29) is 8.41 Å². The van der Waals surface area contributed by atoms with Gasteiger partial charge in [-0.2, -0.15) is 0 Å². The Bertz CT molecular complexity index is 185. The number of hydrogen-bond acceptors (Lipinski definition) is 1. The largest absolute Gasteiger partial charge is 0.261 e. The molecule has 1 nitrogen and oxygen atoms in total. The zero-order valence-electron chi connectivity index (χ0n) is 5.84. The maximum Gasteiger partial charge on any atom is 0.0372 e. The highest BCUT2D eigenvalue weighted by atomic mass is 79.9. The molecule has 0 fully saturated rings. The quantitative estimate of drug-likeness (QED) is 0.494. The molecule has 0 aliphatic heterocycles. The van der Waals surface area contributed by atoms with Crippen molar-refractivity contribution in [2.24, 2.45) is 0 Å². The van der Waals surface area contributed by atoms with Gasteiger partial charge in [0.2, 0.25) is 0 Å². The van der Waals surface area contributed by atoms with Crippen LogP contribution in [0.4, 0.5) is 0 Å². The maximum absolute atomic E-state index is 4.12. The van der Waals surface area contributed by atoms with Crippen LogP contribution in [0.15, 0.2) is 18.3 Å². The van der Waals surface area contributed by atoms with Crippen LogP contribution in [0.1, 0.15) is 11.3 Å². The van der Waals surface area contributed by atoms with Gasteiger partial charge in [0.25, 0.3) is 0 Å². The molecule has 10 heavy (non-hydrogen) atoms. The molecule has 0 atom stereocenters. The number of halogens is 1. The van der Waals surface area contributed by atoms with Crippen LogP contribution in [-0.4, -0.2) is 13.4 Å². The van der Waals surface area contributed by atoms with E-state index in [0.717, 1.165) is 11.0 Å². The van der Waals surface area contributed by atoms with E-state index >= 15 is 0 Å². The lowest BCUT2D eigenvalue weighted by molar-refractivity contribution is 1.17. The van der Waals surface area contributed by atoms with Crippen molar-refractivity contribution >= 4 is 24.3 Å². The molecule has 51 valence electrons. The monoisotopic (exact) mass is 196 g/mol.